The van der Waals surface area contributed by atoms with Gasteiger partial charge in [0.15, 0.2) is 0 Å². The van der Waals surface area contributed by atoms with Gasteiger partial charge in [0.25, 0.3) is 5.91 Å². The first kappa shape index (κ1) is 17.6. The standard InChI is InChI=1S/C18H25N5O2S/c1-12-14-16(19-10-13-4-3-9-25-13)20-11-21-17(14)26-15(12)18(24)23-7-5-22(2)6-8-23/h11,13H,3-10H2,1-2H3,(H,19,20,21). The highest BCUT2D eigenvalue weighted by Gasteiger charge is 2.26. The third-order valence-electron chi connectivity index (χ3n) is 5.23. The van der Waals surface area contributed by atoms with E-state index in [1.165, 1.54) is 11.3 Å². The monoisotopic (exact) mass is 375 g/mol. The van der Waals surface area contributed by atoms with Gasteiger partial charge in [0.2, 0.25) is 0 Å². The van der Waals surface area contributed by atoms with Crippen molar-refractivity contribution in [2.24, 2.45) is 0 Å². The molecule has 2 aliphatic rings. The topological polar surface area (TPSA) is 70.6 Å². The summed E-state index contributed by atoms with van der Waals surface area (Å²) >= 11 is 1.47. The highest BCUT2D eigenvalue weighted by Crippen LogP contribution is 2.34. The summed E-state index contributed by atoms with van der Waals surface area (Å²) < 4.78 is 5.68. The maximum atomic E-state index is 13.0. The zero-order valence-corrected chi connectivity index (χ0v) is 16.1. The molecule has 0 saturated carbocycles. The zero-order chi connectivity index (χ0) is 18.1. The lowest BCUT2D eigenvalue weighted by atomic mass is 10.1. The number of carbonyl (C=O) groups is 1. The van der Waals surface area contributed by atoms with E-state index in [9.17, 15) is 4.79 Å². The molecule has 2 saturated heterocycles. The molecule has 1 N–H and O–H groups in total. The van der Waals surface area contributed by atoms with Crippen LogP contribution in [-0.2, 0) is 4.74 Å². The van der Waals surface area contributed by atoms with Gasteiger partial charge in [-0.15, -0.1) is 11.3 Å². The van der Waals surface area contributed by atoms with Gasteiger partial charge in [-0.1, -0.05) is 0 Å². The summed E-state index contributed by atoms with van der Waals surface area (Å²) in [5.74, 6) is 0.917. The molecule has 1 amide bonds. The fraction of sp³-hybridized carbons (Fsp3) is 0.611. The van der Waals surface area contributed by atoms with Gasteiger partial charge in [-0.2, -0.15) is 0 Å². The Hall–Kier alpha value is -1.77. The predicted molar refractivity (Wildman–Crippen MR) is 103 cm³/mol. The summed E-state index contributed by atoms with van der Waals surface area (Å²) in [5.41, 5.74) is 0.976. The Labute approximate surface area is 157 Å². The van der Waals surface area contributed by atoms with Gasteiger partial charge in [0, 0.05) is 39.3 Å². The lowest BCUT2D eigenvalue weighted by Crippen LogP contribution is -2.47. The molecule has 2 aromatic heterocycles. The molecular weight excluding hydrogens is 350 g/mol. The minimum absolute atomic E-state index is 0.115. The number of anilines is 1. The number of ether oxygens (including phenoxy) is 1. The molecule has 8 heteroatoms. The molecule has 2 aliphatic heterocycles. The van der Waals surface area contributed by atoms with E-state index in [0.717, 1.165) is 78.6 Å². The van der Waals surface area contributed by atoms with Gasteiger partial charge >= 0.3 is 0 Å². The molecule has 1 atom stereocenters. The Morgan fingerprint density at radius 1 is 1.35 bits per heavy atom. The molecule has 7 nitrogen and oxygen atoms in total. The number of piperazine rings is 1. The molecule has 0 spiro atoms. The SMILES string of the molecule is Cc1c(C(=O)N2CCN(C)CC2)sc2ncnc(NCC3CCCO3)c12. The van der Waals surface area contributed by atoms with Crippen molar-refractivity contribution in [2.75, 3.05) is 51.7 Å². The summed E-state index contributed by atoms with van der Waals surface area (Å²) in [5, 5.41) is 4.37. The molecule has 4 rings (SSSR count). The smallest absolute Gasteiger partial charge is 0.264 e. The Morgan fingerprint density at radius 2 is 2.15 bits per heavy atom. The maximum Gasteiger partial charge on any atom is 0.264 e. The van der Waals surface area contributed by atoms with Crippen molar-refractivity contribution in [1.82, 2.24) is 19.8 Å². The molecule has 1 unspecified atom stereocenters. The molecule has 140 valence electrons. The van der Waals surface area contributed by atoms with Crippen molar-refractivity contribution in [3.8, 4) is 0 Å². The maximum absolute atomic E-state index is 13.0. The van der Waals surface area contributed by atoms with Crippen molar-refractivity contribution in [3.05, 3.63) is 16.8 Å². The number of hydrogen-bond donors (Lipinski definition) is 1. The van der Waals surface area contributed by atoms with Gasteiger partial charge in [-0.05, 0) is 32.4 Å². The van der Waals surface area contributed by atoms with E-state index in [1.807, 2.05) is 11.8 Å². The largest absolute Gasteiger partial charge is 0.376 e. The Bertz CT molecular complexity index is 794. The van der Waals surface area contributed by atoms with Crippen molar-refractivity contribution >= 4 is 33.3 Å². The normalized spacial score (nSPS) is 21.5. The highest BCUT2D eigenvalue weighted by molar-refractivity contribution is 7.20. The van der Waals surface area contributed by atoms with Crippen LogP contribution in [-0.4, -0.2) is 78.2 Å². The lowest BCUT2D eigenvalue weighted by molar-refractivity contribution is 0.0668. The van der Waals surface area contributed by atoms with E-state index in [4.69, 9.17) is 4.74 Å². The molecule has 0 radical (unpaired) electrons. The zero-order valence-electron chi connectivity index (χ0n) is 15.3. The first-order valence-electron chi connectivity index (χ1n) is 9.21. The van der Waals surface area contributed by atoms with Crippen LogP contribution in [0.1, 0.15) is 28.1 Å². The van der Waals surface area contributed by atoms with Crippen molar-refractivity contribution < 1.29 is 9.53 Å². The molecule has 0 aliphatic carbocycles. The summed E-state index contributed by atoms with van der Waals surface area (Å²) in [6.07, 6.45) is 4.01. The van der Waals surface area contributed by atoms with E-state index < -0.39 is 0 Å². The van der Waals surface area contributed by atoms with Crippen LogP contribution >= 0.6 is 11.3 Å². The Balaban J connectivity index is 1.57. The molecule has 0 aromatic carbocycles. The number of nitrogens with zero attached hydrogens (tertiary/aromatic N) is 4. The average molecular weight is 375 g/mol. The Morgan fingerprint density at radius 3 is 2.88 bits per heavy atom. The molecule has 4 heterocycles. The van der Waals surface area contributed by atoms with Gasteiger partial charge in [0.05, 0.1) is 16.4 Å². The number of nitrogens with one attached hydrogen (secondary N) is 1. The summed E-state index contributed by atoms with van der Waals surface area (Å²) in [7, 11) is 2.09. The lowest BCUT2D eigenvalue weighted by Gasteiger charge is -2.32. The van der Waals surface area contributed by atoms with Crippen LogP contribution in [0.4, 0.5) is 5.82 Å². The van der Waals surface area contributed by atoms with Crippen LogP contribution in [0.15, 0.2) is 6.33 Å². The van der Waals surface area contributed by atoms with Gasteiger partial charge < -0.3 is 19.9 Å². The fourth-order valence-corrected chi connectivity index (χ4v) is 4.70. The number of aromatic nitrogens is 2. The predicted octanol–water partition coefficient (Wildman–Crippen LogP) is 1.98. The van der Waals surface area contributed by atoms with Crippen LogP contribution in [0.3, 0.4) is 0 Å². The first-order chi connectivity index (χ1) is 12.6. The number of likely N-dealkylation sites (N-methyl/N-ethyl adjacent to an activating group) is 1. The van der Waals surface area contributed by atoms with E-state index in [0.29, 0.717) is 0 Å². The molecule has 0 bridgehead atoms. The van der Waals surface area contributed by atoms with Crippen molar-refractivity contribution in [1.29, 1.82) is 0 Å². The third kappa shape index (κ3) is 3.41. The number of rotatable bonds is 4. The number of fused-ring (bicyclic) bond motifs is 1. The van der Waals surface area contributed by atoms with Crippen LogP contribution in [0.25, 0.3) is 10.2 Å². The van der Waals surface area contributed by atoms with Crippen LogP contribution < -0.4 is 5.32 Å². The number of carbonyl (C=O) groups excluding carboxylic acids is 1. The third-order valence-corrected chi connectivity index (χ3v) is 6.42. The Kier molecular flexibility index (Phi) is 5.06. The fourth-order valence-electron chi connectivity index (χ4n) is 3.58. The van der Waals surface area contributed by atoms with Crippen LogP contribution in [0.5, 0.6) is 0 Å². The van der Waals surface area contributed by atoms with Gasteiger partial charge in [0.1, 0.15) is 17.0 Å². The minimum Gasteiger partial charge on any atom is -0.376 e. The van der Waals surface area contributed by atoms with E-state index in [-0.39, 0.29) is 12.0 Å². The average Bonchev–Trinajstić information content (AvgIpc) is 3.28. The first-order valence-corrected chi connectivity index (χ1v) is 10.0. The summed E-state index contributed by atoms with van der Waals surface area (Å²) in [6.45, 7) is 6.98. The number of aryl methyl sites for hydroxylation is 1. The summed E-state index contributed by atoms with van der Waals surface area (Å²) in [6, 6.07) is 0. The number of thiophene rings is 1. The number of amides is 1. The molecule has 2 fully saturated rings. The highest BCUT2D eigenvalue weighted by atomic mass is 32.1. The van der Waals surface area contributed by atoms with Crippen molar-refractivity contribution in [3.63, 3.8) is 0 Å². The second-order valence-electron chi connectivity index (χ2n) is 7.07. The summed E-state index contributed by atoms with van der Waals surface area (Å²) in [4.78, 5) is 27.7. The molecular formula is C18H25N5O2S. The number of hydrogen-bond acceptors (Lipinski definition) is 7. The van der Waals surface area contributed by atoms with Crippen LogP contribution in [0.2, 0.25) is 0 Å². The van der Waals surface area contributed by atoms with E-state index in [1.54, 1.807) is 6.33 Å². The minimum atomic E-state index is 0.115. The van der Waals surface area contributed by atoms with E-state index >= 15 is 0 Å². The molecule has 26 heavy (non-hydrogen) atoms. The second-order valence-corrected chi connectivity index (χ2v) is 8.07. The van der Waals surface area contributed by atoms with Gasteiger partial charge in [-0.25, -0.2) is 9.97 Å². The second kappa shape index (κ2) is 7.46. The molecule has 2 aromatic rings. The quantitative estimate of drug-likeness (QED) is 0.881. The van der Waals surface area contributed by atoms with E-state index in [2.05, 4.69) is 27.2 Å². The van der Waals surface area contributed by atoms with Gasteiger partial charge in [-0.3, -0.25) is 4.79 Å². The van der Waals surface area contributed by atoms with Crippen molar-refractivity contribution in [2.45, 2.75) is 25.9 Å². The van der Waals surface area contributed by atoms with Crippen LogP contribution in [0, 0.1) is 6.92 Å².